The lowest BCUT2D eigenvalue weighted by molar-refractivity contribution is 0.0692. The molecule has 1 aromatic heterocycles. The third kappa shape index (κ3) is 2.67. The Bertz CT molecular complexity index is 691. The van der Waals surface area contributed by atoms with Gasteiger partial charge in [-0.15, -0.1) is 0 Å². The zero-order chi connectivity index (χ0) is 14.7. The summed E-state index contributed by atoms with van der Waals surface area (Å²) < 4.78 is 27.2. The molecule has 0 aliphatic heterocycles. The van der Waals surface area contributed by atoms with Gasteiger partial charge in [0.25, 0.3) is 0 Å². The number of pyridine rings is 1. The van der Waals surface area contributed by atoms with Gasteiger partial charge in [-0.3, -0.25) is 4.79 Å². The van der Waals surface area contributed by atoms with Crippen LogP contribution in [0.3, 0.4) is 0 Å². The number of carboxylic acid groups (broad SMARTS) is 1. The number of aromatic carboxylic acids is 1. The van der Waals surface area contributed by atoms with Crippen LogP contribution in [0.4, 0.5) is 8.78 Å². The van der Waals surface area contributed by atoms with Gasteiger partial charge in [0.2, 0.25) is 0 Å². The van der Waals surface area contributed by atoms with Crippen LogP contribution in [0.1, 0.15) is 20.7 Å². The van der Waals surface area contributed by atoms with Gasteiger partial charge in [-0.2, -0.15) is 0 Å². The average Bonchev–Trinajstić information content (AvgIpc) is 2.43. The zero-order valence-electron chi connectivity index (χ0n) is 9.84. The Morgan fingerprint density at radius 1 is 1.25 bits per heavy atom. The van der Waals surface area contributed by atoms with Crippen LogP contribution in [0.5, 0.6) is 0 Å². The van der Waals surface area contributed by atoms with E-state index in [9.17, 15) is 18.4 Å². The minimum absolute atomic E-state index is 0.0207. The summed E-state index contributed by atoms with van der Waals surface area (Å²) in [5, 5.41) is 8.98. The van der Waals surface area contributed by atoms with Crippen molar-refractivity contribution in [2.45, 2.75) is 9.92 Å². The van der Waals surface area contributed by atoms with E-state index in [0.717, 1.165) is 12.1 Å². The van der Waals surface area contributed by atoms with E-state index in [4.69, 9.17) is 5.11 Å². The van der Waals surface area contributed by atoms with Crippen molar-refractivity contribution >= 4 is 24.0 Å². The summed E-state index contributed by atoms with van der Waals surface area (Å²) in [4.78, 5) is 25.4. The van der Waals surface area contributed by atoms with Crippen molar-refractivity contribution in [1.29, 1.82) is 0 Å². The minimum atomic E-state index is -1.25. The highest BCUT2D eigenvalue weighted by molar-refractivity contribution is 7.99. The second kappa shape index (κ2) is 5.79. The monoisotopic (exact) mass is 295 g/mol. The number of nitrogens with zero attached hydrogens (tertiary/aromatic N) is 1. The quantitative estimate of drug-likeness (QED) is 0.878. The molecule has 0 radical (unpaired) electrons. The Morgan fingerprint density at radius 2 is 1.95 bits per heavy atom. The molecule has 0 amide bonds. The van der Waals surface area contributed by atoms with Gasteiger partial charge in [0.1, 0.15) is 16.7 Å². The summed E-state index contributed by atoms with van der Waals surface area (Å²) in [7, 11) is 0. The van der Waals surface area contributed by atoms with Crippen molar-refractivity contribution in [3.8, 4) is 0 Å². The lowest BCUT2D eigenvalue weighted by Crippen LogP contribution is -2.02. The predicted octanol–water partition coefficient (Wildman–Crippen LogP) is 3.02. The summed E-state index contributed by atoms with van der Waals surface area (Å²) in [6, 6.07) is 4.40. The molecule has 102 valence electrons. The summed E-state index contributed by atoms with van der Waals surface area (Å²) >= 11 is 0.596. The lowest BCUT2D eigenvalue weighted by Gasteiger charge is -2.08. The number of benzene rings is 1. The molecule has 0 fully saturated rings. The van der Waals surface area contributed by atoms with Crippen LogP contribution >= 0.6 is 11.8 Å². The van der Waals surface area contributed by atoms with Gasteiger partial charge >= 0.3 is 5.97 Å². The van der Waals surface area contributed by atoms with E-state index in [1.54, 1.807) is 0 Å². The molecule has 2 aromatic rings. The minimum Gasteiger partial charge on any atom is -0.478 e. The first-order valence-electron chi connectivity index (χ1n) is 5.34. The molecule has 7 heteroatoms. The standard InChI is InChI=1S/C13H7F2NO3S/c14-9-3-4-10(15)11(8(9)6-17)20-12-7(13(18)19)2-1-5-16-12/h1-6H,(H,18,19). The molecule has 0 aliphatic rings. The average molecular weight is 295 g/mol. The molecule has 0 unspecified atom stereocenters. The van der Waals surface area contributed by atoms with Gasteiger partial charge in [-0.1, -0.05) is 11.8 Å². The van der Waals surface area contributed by atoms with Crippen LogP contribution < -0.4 is 0 Å². The third-order valence-electron chi connectivity index (χ3n) is 2.41. The molecule has 1 heterocycles. The molecule has 1 N–H and O–H groups in total. The molecule has 0 saturated carbocycles. The molecule has 0 spiro atoms. The zero-order valence-corrected chi connectivity index (χ0v) is 10.7. The fourth-order valence-electron chi connectivity index (χ4n) is 1.49. The maximum Gasteiger partial charge on any atom is 0.338 e. The van der Waals surface area contributed by atoms with Gasteiger partial charge in [-0.05, 0) is 24.3 Å². The number of hydrogen-bond acceptors (Lipinski definition) is 4. The number of carbonyl (C=O) groups is 2. The number of halogens is 2. The normalized spacial score (nSPS) is 10.3. The number of rotatable bonds is 4. The molecule has 2 rings (SSSR count). The van der Waals surface area contributed by atoms with Crippen molar-refractivity contribution in [3.63, 3.8) is 0 Å². The van der Waals surface area contributed by atoms with Crippen LogP contribution in [0.15, 0.2) is 40.4 Å². The van der Waals surface area contributed by atoms with Crippen LogP contribution in [0, 0.1) is 11.6 Å². The molecule has 0 aliphatic carbocycles. The Labute approximate surface area is 116 Å². The molecular weight excluding hydrogens is 288 g/mol. The van der Waals surface area contributed by atoms with Crippen LogP contribution in [0.2, 0.25) is 0 Å². The lowest BCUT2D eigenvalue weighted by atomic mass is 10.2. The highest BCUT2D eigenvalue weighted by Crippen LogP contribution is 2.33. The van der Waals surface area contributed by atoms with Crippen molar-refractivity contribution in [1.82, 2.24) is 4.98 Å². The van der Waals surface area contributed by atoms with E-state index in [2.05, 4.69) is 4.98 Å². The van der Waals surface area contributed by atoms with Crippen molar-refractivity contribution < 1.29 is 23.5 Å². The molecule has 0 saturated heterocycles. The van der Waals surface area contributed by atoms with Crippen molar-refractivity contribution in [3.05, 3.63) is 53.2 Å². The van der Waals surface area contributed by atoms with Crippen LogP contribution in [-0.2, 0) is 0 Å². The number of carboxylic acids is 1. The van der Waals surface area contributed by atoms with E-state index in [-0.39, 0.29) is 21.8 Å². The Morgan fingerprint density at radius 3 is 2.60 bits per heavy atom. The van der Waals surface area contributed by atoms with Gasteiger partial charge in [-0.25, -0.2) is 18.6 Å². The number of hydrogen-bond donors (Lipinski definition) is 1. The van der Waals surface area contributed by atoms with Crippen LogP contribution in [-0.4, -0.2) is 22.3 Å². The molecule has 4 nitrogen and oxygen atoms in total. The predicted molar refractivity (Wildman–Crippen MR) is 67.1 cm³/mol. The van der Waals surface area contributed by atoms with Gasteiger partial charge in [0, 0.05) is 6.20 Å². The molecule has 0 bridgehead atoms. The second-order valence-corrected chi connectivity index (χ2v) is 4.65. The number of aldehydes is 1. The summed E-state index contributed by atoms with van der Waals surface area (Å²) in [5.74, 6) is -2.94. The first kappa shape index (κ1) is 14.1. The van der Waals surface area contributed by atoms with Gasteiger partial charge < -0.3 is 5.11 Å². The maximum atomic E-state index is 13.7. The van der Waals surface area contributed by atoms with E-state index >= 15 is 0 Å². The SMILES string of the molecule is O=Cc1c(F)ccc(F)c1Sc1ncccc1C(=O)O. The van der Waals surface area contributed by atoms with Gasteiger partial charge in [0.05, 0.1) is 16.0 Å². The largest absolute Gasteiger partial charge is 0.478 e. The first-order valence-corrected chi connectivity index (χ1v) is 6.15. The number of carbonyl (C=O) groups excluding carboxylic acids is 1. The summed E-state index contributed by atoms with van der Waals surface area (Å²) in [6.07, 6.45) is 1.51. The Hall–Kier alpha value is -2.28. The first-order chi connectivity index (χ1) is 9.54. The highest BCUT2D eigenvalue weighted by Gasteiger charge is 2.18. The molecular formula is C13H7F2NO3S. The number of aromatic nitrogens is 1. The highest BCUT2D eigenvalue weighted by atomic mass is 32.2. The van der Waals surface area contributed by atoms with Crippen LogP contribution in [0.25, 0.3) is 0 Å². The Kier molecular flexibility index (Phi) is 4.09. The molecule has 1 aromatic carbocycles. The van der Waals surface area contributed by atoms with Crippen molar-refractivity contribution in [2.75, 3.05) is 0 Å². The maximum absolute atomic E-state index is 13.7. The summed E-state index contributed by atoms with van der Waals surface area (Å²) in [6.45, 7) is 0. The fraction of sp³-hybridized carbons (Fsp3) is 0. The van der Waals surface area contributed by atoms with Crippen molar-refractivity contribution in [2.24, 2.45) is 0 Å². The van der Waals surface area contributed by atoms with E-state index in [0.29, 0.717) is 11.8 Å². The summed E-state index contributed by atoms with van der Waals surface area (Å²) in [5.41, 5.74) is -0.616. The second-order valence-electron chi connectivity index (χ2n) is 3.65. The Balaban J connectivity index is 2.53. The topological polar surface area (TPSA) is 67.3 Å². The molecule has 0 atom stereocenters. The third-order valence-corrected chi connectivity index (χ3v) is 3.55. The fourth-order valence-corrected chi connectivity index (χ4v) is 2.49. The smallest absolute Gasteiger partial charge is 0.338 e. The van der Waals surface area contributed by atoms with E-state index in [1.165, 1.54) is 18.3 Å². The molecule has 20 heavy (non-hydrogen) atoms. The van der Waals surface area contributed by atoms with Gasteiger partial charge in [0.15, 0.2) is 6.29 Å². The van der Waals surface area contributed by atoms with E-state index < -0.39 is 23.2 Å². The van der Waals surface area contributed by atoms with E-state index in [1.807, 2.05) is 0 Å².